The summed E-state index contributed by atoms with van der Waals surface area (Å²) in [6.45, 7) is 1.98. The number of nitrogens with zero attached hydrogens (tertiary/aromatic N) is 2. The summed E-state index contributed by atoms with van der Waals surface area (Å²) in [4.78, 5) is 8.85. The minimum absolute atomic E-state index is 0.0579. The lowest BCUT2D eigenvalue weighted by Gasteiger charge is -2.02. The van der Waals surface area contributed by atoms with Crippen molar-refractivity contribution in [2.75, 3.05) is 0 Å². The number of hydrogen-bond donors (Lipinski definition) is 2. The van der Waals surface area contributed by atoms with Crippen molar-refractivity contribution >= 4 is 38.9 Å². The summed E-state index contributed by atoms with van der Waals surface area (Å²) in [6, 6.07) is 15.8. The Bertz CT molecular complexity index is 1180. The van der Waals surface area contributed by atoms with Crippen LogP contribution in [0.2, 0.25) is 0 Å². The number of aryl methyl sites for hydroxylation is 1. The number of aromatic hydroxyl groups is 2. The number of oxazole rings is 1. The van der Waals surface area contributed by atoms with E-state index in [1.165, 1.54) is 0 Å². The Balaban J connectivity index is 1.72. The van der Waals surface area contributed by atoms with Crippen LogP contribution in [0, 0.1) is 6.92 Å². The van der Waals surface area contributed by atoms with Crippen molar-refractivity contribution in [1.82, 2.24) is 4.98 Å². The number of benzene rings is 3. The first-order chi connectivity index (χ1) is 13.0. The van der Waals surface area contributed by atoms with E-state index in [2.05, 4.69) is 25.9 Å². The van der Waals surface area contributed by atoms with Gasteiger partial charge in [0.1, 0.15) is 17.0 Å². The van der Waals surface area contributed by atoms with Crippen molar-refractivity contribution in [3.05, 3.63) is 70.2 Å². The van der Waals surface area contributed by atoms with Crippen LogP contribution in [0.3, 0.4) is 0 Å². The minimum atomic E-state index is 0.0579. The quantitative estimate of drug-likeness (QED) is 0.413. The van der Waals surface area contributed by atoms with Crippen molar-refractivity contribution < 1.29 is 14.6 Å². The van der Waals surface area contributed by atoms with Crippen LogP contribution < -0.4 is 0 Å². The first-order valence-electron chi connectivity index (χ1n) is 8.23. The minimum Gasteiger partial charge on any atom is -0.507 e. The lowest BCUT2D eigenvalue weighted by Crippen LogP contribution is -1.83. The van der Waals surface area contributed by atoms with Gasteiger partial charge in [-0.2, -0.15) is 0 Å². The van der Waals surface area contributed by atoms with Gasteiger partial charge in [-0.3, -0.25) is 4.99 Å². The summed E-state index contributed by atoms with van der Waals surface area (Å²) >= 11 is 3.37. The highest BCUT2D eigenvalue weighted by Gasteiger charge is 2.13. The van der Waals surface area contributed by atoms with Gasteiger partial charge >= 0.3 is 0 Å². The van der Waals surface area contributed by atoms with Gasteiger partial charge in [-0.15, -0.1) is 0 Å². The number of aromatic nitrogens is 1. The van der Waals surface area contributed by atoms with Gasteiger partial charge in [0.05, 0.1) is 11.3 Å². The Hall–Kier alpha value is -3.12. The Morgan fingerprint density at radius 1 is 1.00 bits per heavy atom. The van der Waals surface area contributed by atoms with Crippen LogP contribution in [0.4, 0.5) is 5.69 Å². The second-order valence-corrected chi connectivity index (χ2v) is 7.07. The van der Waals surface area contributed by atoms with Crippen LogP contribution in [-0.4, -0.2) is 21.4 Å². The molecule has 3 aromatic carbocycles. The molecule has 0 aliphatic carbocycles. The summed E-state index contributed by atoms with van der Waals surface area (Å²) < 4.78 is 6.62. The standard InChI is InChI=1S/C21H15BrN2O3/c1-12-2-7-20-17(8-12)24-21(27-20)16-10-15(4-6-19(16)26)23-11-13-9-14(22)3-5-18(13)25/h2-11,25-26H,1H3. The zero-order valence-corrected chi connectivity index (χ0v) is 15.9. The maximum absolute atomic E-state index is 10.2. The fourth-order valence-corrected chi connectivity index (χ4v) is 3.08. The predicted molar refractivity (Wildman–Crippen MR) is 109 cm³/mol. The molecule has 0 unspecified atom stereocenters. The van der Waals surface area contributed by atoms with Gasteiger partial charge in [-0.05, 0) is 61.0 Å². The number of phenolic OH excluding ortho intramolecular Hbond substituents is 2. The Labute approximate surface area is 163 Å². The fourth-order valence-electron chi connectivity index (χ4n) is 2.70. The Morgan fingerprint density at radius 2 is 1.81 bits per heavy atom. The SMILES string of the molecule is Cc1ccc2oc(-c3cc(N=Cc4cc(Br)ccc4O)ccc3O)nc2c1. The van der Waals surface area contributed by atoms with Crippen LogP contribution in [-0.2, 0) is 0 Å². The maximum atomic E-state index is 10.2. The average molecular weight is 423 g/mol. The summed E-state index contributed by atoms with van der Waals surface area (Å²) in [7, 11) is 0. The van der Waals surface area contributed by atoms with E-state index in [0.29, 0.717) is 28.3 Å². The van der Waals surface area contributed by atoms with Crippen molar-refractivity contribution in [2.24, 2.45) is 4.99 Å². The zero-order chi connectivity index (χ0) is 19.0. The molecule has 4 rings (SSSR count). The average Bonchev–Trinajstić information content (AvgIpc) is 3.06. The van der Waals surface area contributed by atoms with Gasteiger partial charge in [0.15, 0.2) is 5.58 Å². The summed E-state index contributed by atoms with van der Waals surface area (Å²) in [6.07, 6.45) is 1.56. The molecule has 0 atom stereocenters. The Morgan fingerprint density at radius 3 is 2.67 bits per heavy atom. The highest BCUT2D eigenvalue weighted by Crippen LogP contribution is 2.34. The smallest absolute Gasteiger partial charge is 0.231 e. The van der Waals surface area contributed by atoms with Crippen molar-refractivity contribution in [3.63, 3.8) is 0 Å². The highest BCUT2D eigenvalue weighted by atomic mass is 79.9. The van der Waals surface area contributed by atoms with Gasteiger partial charge in [0.2, 0.25) is 5.89 Å². The number of halogens is 1. The third-order valence-electron chi connectivity index (χ3n) is 4.10. The van der Waals surface area contributed by atoms with Crippen LogP contribution >= 0.6 is 15.9 Å². The number of hydrogen-bond acceptors (Lipinski definition) is 5. The molecular formula is C21H15BrN2O3. The van der Waals surface area contributed by atoms with Crippen LogP contribution in [0.5, 0.6) is 11.5 Å². The molecule has 0 spiro atoms. The molecule has 27 heavy (non-hydrogen) atoms. The van der Waals surface area contributed by atoms with Gasteiger partial charge in [0.25, 0.3) is 0 Å². The van der Waals surface area contributed by atoms with E-state index in [1.807, 2.05) is 25.1 Å². The molecule has 1 aromatic heterocycles. The van der Waals surface area contributed by atoms with Crippen molar-refractivity contribution in [1.29, 1.82) is 0 Å². The monoisotopic (exact) mass is 422 g/mol. The maximum Gasteiger partial charge on any atom is 0.231 e. The summed E-state index contributed by atoms with van der Waals surface area (Å²) in [5.41, 5.74) is 4.10. The van der Waals surface area contributed by atoms with Gasteiger partial charge in [-0.25, -0.2) is 4.98 Å². The topological polar surface area (TPSA) is 78.9 Å². The molecule has 0 aliphatic rings. The summed E-state index contributed by atoms with van der Waals surface area (Å²) in [5, 5.41) is 20.2. The first-order valence-corrected chi connectivity index (χ1v) is 9.02. The third-order valence-corrected chi connectivity index (χ3v) is 4.59. The van der Waals surface area contributed by atoms with E-state index in [-0.39, 0.29) is 11.5 Å². The first kappa shape index (κ1) is 17.3. The highest BCUT2D eigenvalue weighted by molar-refractivity contribution is 9.10. The molecule has 2 N–H and O–H groups in total. The number of rotatable bonds is 3. The van der Waals surface area contributed by atoms with Gasteiger partial charge in [0, 0.05) is 16.3 Å². The second-order valence-electron chi connectivity index (χ2n) is 6.15. The molecule has 0 amide bonds. The van der Waals surface area contributed by atoms with E-state index in [1.54, 1.807) is 42.6 Å². The molecule has 134 valence electrons. The molecule has 0 aliphatic heterocycles. The molecule has 1 heterocycles. The largest absolute Gasteiger partial charge is 0.507 e. The second kappa shape index (κ2) is 6.89. The molecule has 0 bridgehead atoms. The lowest BCUT2D eigenvalue weighted by molar-refractivity contribution is 0.473. The molecule has 0 fully saturated rings. The molecular weight excluding hydrogens is 408 g/mol. The van der Waals surface area contributed by atoms with Crippen molar-refractivity contribution in [3.8, 4) is 23.0 Å². The zero-order valence-electron chi connectivity index (χ0n) is 14.3. The van der Waals surface area contributed by atoms with Gasteiger partial charge < -0.3 is 14.6 Å². The van der Waals surface area contributed by atoms with Gasteiger partial charge in [-0.1, -0.05) is 22.0 Å². The van der Waals surface area contributed by atoms with E-state index in [4.69, 9.17) is 4.42 Å². The van der Waals surface area contributed by atoms with E-state index in [9.17, 15) is 10.2 Å². The molecule has 4 aromatic rings. The van der Waals surface area contributed by atoms with Crippen molar-refractivity contribution in [2.45, 2.75) is 6.92 Å². The number of phenols is 2. The molecule has 6 heteroatoms. The van der Waals surface area contributed by atoms with Crippen LogP contribution in [0.25, 0.3) is 22.6 Å². The molecule has 5 nitrogen and oxygen atoms in total. The summed E-state index contributed by atoms with van der Waals surface area (Å²) in [5.74, 6) is 0.522. The van der Waals surface area contributed by atoms with E-state index in [0.717, 1.165) is 15.6 Å². The third kappa shape index (κ3) is 3.57. The molecule has 0 saturated heterocycles. The predicted octanol–water partition coefficient (Wildman–Crippen LogP) is 5.73. The van der Waals surface area contributed by atoms with E-state index >= 15 is 0 Å². The molecule has 0 radical (unpaired) electrons. The molecule has 0 saturated carbocycles. The van der Waals surface area contributed by atoms with Crippen LogP contribution in [0.1, 0.15) is 11.1 Å². The lowest BCUT2D eigenvalue weighted by atomic mass is 10.1. The Kier molecular flexibility index (Phi) is 4.41. The normalized spacial score (nSPS) is 11.5. The number of aliphatic imine (C=N–C) groups is 1. The van der Waals surface area contributed by atoms with E-state index < -0.39 is 0 Å². The van der Waals surface area contributed by atoms with Crippen LogP contribution in [0.15, 0.2) is 68.5 Å². The fraction of sp³-hybridized carbons (Fsp3) is 0.0476. The number of fused-ring (bicyclic) bond motifs is 1.